The minimum absolute atomic E-state index is 0.0532. The number of sulfone groups is 1. The van der Waals surface area contributed by atoms with Crippen LogP contribution >= 0.6 is 15.9 Å². The van der Waals surface area contributed by atoms with Crippen molar-refractivity contribution in [3.63, 3.8) is 0 Å². The Morgan fingerprint density at radius 1 is 1.30 bits per heavy atom. The van der Waals surface area contributed by atoms with Crippen LogP contribution in [0.1, 0.15) is 6.42 Å². The molecular formula is C10H13BrFNO5S2. The van der Waals surface area contributed by atoms with Gasteiger partial charge in [-0.3, -0.25) is 0 Å². The van der Waals surface area contributed by atoms with Crippen molar-refractivity contribution >= 4 is 35.8 Å². The summed E-state index contributed by atoms with van der Waals surface area (Å²) in [5.41, 5.74) is 0. The van der Waals surface area contributed by atoms with E-state index in [0.717, 1.165) is 18.4 Å². The van der Waals surface area contributed by atoms with Crippen LogP contribution in [-0.2, 0) is 19.9 Å². The predicted molar refractivity (Wildman–Crippen MR) is 75.3 cm³/mol. The molecule has 0 amide bonds. The maximum Gasteiger partial charge on any atom is 0.241 e. The van der Waals surface area contributed by atoms with Gasteiger partial charge in [-0.1, -0.05) is 0 Å². The highest BCUT2D eigenvalue weighted by Gasteiger charge is 2.18. The van der Waals surface area contributed by atoms with Crippen molar-refractivity contribution in [2.75, 3.05) is 18.6 Å². The van der Waals surface area contributed by atoms with Crippen molar-refractivity contribution in [2.45, 2.75) is 11.3 Å². The summed E-state index contributed by atoms with van der Waals surface area (Å²) in [6.45, 7) is 0.0554. The average molecular weight is 390 g/mol. The molecule has 0 aliphatic heterocycles. The van der Waals surface area contributed by atoms with Crippen molar-refractivity contribution < 1.29 is 26.0 Å². The lowest BCUT2D eigenvalue weighted by Crippen LogP contribution is -2.14. The summed E-state index contributed by atoms with van der Waals surface area (Å²) in [6.07, 6.45) is 1.34. The van der Waals surface area contributed by atoms with E-state index in [4.69, 9.17) is 9.88 Å². The van der Waals surface area contributed by atoms with E-state index in [0.29, 0.717) is 0 Å². The van der Waals surface area contributed by atoms with Crippen LogP contribution in [0.5, 0.6) is 5.75 Å². The Morgan fingerprint density at radius 2 is 1.90 bits per heavy atom. The van der Waals surface area contributed by atoms with Crippen LogP contribution in [0.15, 0.2) is 21.5 Å². The second-order valence-electron chi connectivity index (χ2n) is 4.09. The highest BCUT2D eigenvalue weighted by atomic mass is 79.9. The van der Waals surface area contributed by atoms with Gasteiger partial charge in [-0.2, -0.15) is 0 Å². The van der Waals surface area contributed by atoms with E-state index < -0.39 is 30.6 Å². The molecule has 0 aliphatic carbocycles. The molecule has 0 saturated heterocycles. The lowest BCUT2D eigenvalue weighted by molar-refractivity contribution is 0.313. The van der Waals surface area contributed by atoms with E-state index in [2.05, 4.69) is 15.9 Å². The van der Waals surface area contributed by atoms with E-state index in [1.165, 1.54) is 0 Å². The first-order chi connectivity index (χ1) is 9.00. The fourth-order valence-electron chi connectivity index (χ4n) is 1.34. The smallest absolute Gasteiger partial charge is 0.241 e. The first-order valence-electron chi connectivity index (χ1n) is 5.33. The van der Waals surface area contributed by atoms with Gasteiger partial charge in [-0.15, -0.1) is 0 Å². The summed E-state index contributed by atoms with van der Waals surface area (Å²) < 4.78 is 63.0. The standard InChI is InChI=1S/C10H13BrFNO5S2/c1-19(14,15)4-2-3-18-9-6-8(12)10(5-7(9)11)20(13,16)17/h5-6H,2-4H2,1H3,(H2,13,16,17). The zero-order chi connectivity index (χ0) is 15.6. The lowest BCUT2D eigenvalue weighted by atomic mass is 10.3. The highest BCUT2D eigenvalue weighted by Crippen LogP contribution is 2.29. The molecule has 0 atom stereocenters. The molecule has 6 nitrogen and oxygen atoms in total. The minimum Gasteiger partial charge on any atom is -0.492 e. The first kappa shape index (κ1) is 17.3. The fraction of sp³-hybridized carbons (Fsp3) is 0.400. The SMILES string of the molecule is CS(=O)(=O)CCCOc1cc(F)c(S(N)(=O)=O)cc1Br. The number of hydrogen-bond donors (Lipinski definition) is 1. The van der Waals surface area contributed by atoms with Crippen molar-refractivity contribution in [1.82, 2.24) is 0 Å². The van der Waals surface area contributed by atoms with E-state index >= 15 is 0 Å². The van der Waals surface area contributed by atoms with Gasteiger partial charge in [0.25, 0.3) is 0 Å². The number of hydrogen-bond acceptors (Lipinski definition) is 5. The largest absolute Gasteiger partial charge is 0.492 e. The molecule has 0 spiro atoms. The molecule has 1 aromatic rings. The molecule has 0 aliphatic rings. The number of ether oxygens (including phenoxy) is 1. The van der Waals surface area contributed by atoms with Gasteiger partial charge in [0.05, 0.1) is 16.8 Å². The molecule has 114 valence electrons. The molecule has 20 heavy (non-hydrogen) atoms. The van der Waals surface area contributed by atoms with Crippen LogP contribution in [-0.4, -0.2) is 35.5 Å². The second-order valence-corrected chi connectivity index (χ2v) is 8.73. The number of rotatable bonds is 6. The molecule has 0 fully saturated rings. The van der Waals surface area contributed by atoms with Gasteiger partial charge in [0.1, 0.15) is 26.3 Å². The molecular weight excluding hydrogens is 377 g/mol. The Morgan fingerprint density at radius 3 is 2.40 bits per heavy atom. The third kappa shape index (κ3) is 5.35. The number of sulfonamides is 1. The normalized spacial score (nSPS) is 12.4. The van der Waals surface area contributed by atoms with E-state index in [1.54, 1.807) is 0 Å². The molecule has 1 rings (SSSR count). The summed E-state index contributed by atoms with van der Waals surface area (Å²) in [5, 5.41) is 4.85. The highest BCUT2D eigenvalue weighted by molar-refractivity contribution is 9.10. The Balaban J connectivity index is 2.81. The number of primary sulfonamides is 1. The summed E-state index contributed by atoms with van der Waals surface area (Å²) in [4.78, 5) is -0.645. The molecule has 0 radical (unpaired) electrons. The van der Waals surface area contributed by atoms with Crippen molar-refractivity contribution in [3.8, 4) is 5.75 Å². The molecule has 0 saturated carbocycles. The van der Waals surface area contributed by atoms with Gasteiger partial charge >= 0.3 is 0 Å². The summed E-state index contributed by atoms with van der Waals surface area (Å²) in [6, 6.07) is 1.88. The van der Waals surface area contributed by atoms with Gasteiger partial charge in [0.15, 0.2) is 0 Å². The van der Waals surface area contributed by atoms with E-state index in [1.807, 2.05) is 0 Å². The monoisotopic (exact) mass is 389 g/mol. The zero-order valence-electron chi connectivity index (χ0n) is 10.5. The topological polar surface area (TPSA) is 104 Å². The van der Waals surface area contributed by atoms with Gasteiger partial charge < -0.3 is 4.74 Å². The maximum absolute atomic E-state index is 13.6. The minimum atomic E-state index is -4.16. The quantitative estimate of drug-likeness (QED) is 0.732. The molecule has 2 N–H and O–H groups in total. The molecule has 0 unspecified atom stereocenters. The van der Waals surface area contributed by atoms with Gasteiger partial charge in [-0.05, 0) is 28.4 Å². The summed E-state index contributed by atoms with van der Waals surface area (Å²) >= 11 is 3.04. The van der Waals surface area contributed by atoms with Crippen LogP contribution in [0.3, 0.4) is 0 Å². The van der Waals surface area contributed by atoms with Crippen molar-refractivity contribution in [2.24, 2.45) is 5.14 Å². The van der Waals surface area contributed by atoms with Crippen LogP contribution in [0.2, 0.25) is 0 Å². The Hall–Kier alpha value is -0.710. The van der Waals surface area contributed by atoms with Crippen LogP contribution < -0.4 is 9.88 Å². The second kappa shape index (κ2) is 6.37. The number of halogens is 2. The Labute approximate surface area is 125 Å². The summed E-state index contributed by atoms with van der Waals surface area (Å²) in [5.74, 6) is -1.01. The maximum atomic E-state index is 13.6. The molecule has 10 heteroatoms. The van der Waals surface area contributed by atoms with Crippen LogP contribution in [0, 0.1) is 5.82 Å². The third-order valence-corrected chi connectivity index (χ3v) is 4.79. The molecule has 0 heterocycles. The van der Waals surface area contributed by atoms with Crippen molar-refractivity contribution in [1.29, 1.82) is 0 Å². The molecule has 1 aromatic carbocycles. The van der Waals surface area contributed by atoms with Crippen LogP contribution in [0.25, 0.3) is 0 Å². The zero-order valence-corrected chi connectivity index (χ0v) is 13.7. The van der Waals surface area contributed by atoms with Gasteiger partial charge in [0, 0.05) is 12.3 Å². The number of nitrogens with two attached hydrogens (primary N) is 1. The summed E-state index contributed by atoms with van der Waals surface area (Å²) in [7, 11) is -7.24. The fourth-order valence-corrected chi connectivity index (χ4v) is 3.21. The van der Waals surface area contributed by atoms with Gasteiger partial charge in [-0.25, -0.2) is 26.4 Å². The number of benzene rings is 1. The molecule has 0 bridgehead atoms. The van der Waals surface area contributed by atoms with E-state index in [9.17, 15) is 21.2 Å². The third-order valence-electron chi connectivity index (χ3n) is 2.21. The van der Waals surface area contributed by atoms with E-state index in [-0.39, 0.29) is 29.0 Å². The molecule has 0 aromatic heterocycles. The first-order valence-corrected chi connectivity index (χ1v) is 9.73. The van der Waals surface area contributed by atoms with Crippen molar-refractivity contribution in [3.05, 3.63) is 22.4 Å². The lowest BCUT2D eigenvalue weighted by Gasteiger charge is -2.10. The predicted octanol–water partition coefficient (Wildman–Crippen LogP) is 1.05. The van der Waals surface area contributed by atoms with Gasteiger partial charge in [0.2, 0.25) is 10.0 Å². The Bertz CT molecular complexity index is 703. The average Bonchev–Trinajstić information content (AvgIpc) is 2.25. The van der Waals surface area contributed by atoms with Crippen LogP contribution in [0.4, 0.5) is 4.39 Å². The Kier molecular flexibility index (Phi) is 5.53.